The van der Waals surface area contributed by atoms with Gasteiger partial charge in [0, 0.05) is 19.3 Å². The Morgan fingerprint density at radius 2 is 2.14 bits per heavy atom. The molecule has 0 bridgehead atoms. The number of nitrogen functional groups attached to an aromatic ring is 1. The number of aromatic nitrogens is 2. The highest BCUT2D eigenvalue weighted by Gasteiger charge is 2.21. The number of carbonyl (C=O) groups is 1. The van der Waals surface area contributed by atoms with Gasteiger partial charge in [-0.2, -0.15) is 0 Å². The van der Waals surface area contributed by atoms with Gasteiger partial charge in [-0.1, -0.05) is 0 Å². The molecule has 0 unspecified atom stereocenters. The lowest BCUT2D eigenvalue weighted by Crippen LogP contribution is -2.29. The lowest BCUT2D eigenvalue weighted by atomic mass is 10.4. The SMILES string of the molecule is Nc1ccnc(C(=O)N2CCCC2)n1. The smallest absolute Gasteiger partial charge is 0.291 e. The Labute approximate surface area is 82.0 Å². The van der Waals surface area contributed by atoms with Crippen LogP contribution >= 0.6 is 0 Å². The third-order valence-electron chi connectivity index (χ3n) is 2.26. The van der Waals surface area contributed by atoms with Gasteiger partial charge in [-0.05, 0) is 18.9 Å². The number of nitrogens with two attached hydrogens (primary N) is 1. The molecular formula is C9H12N4O. The van der Waals surface area contributed by atoms with E-state index in [9.17, 15) is 4.79 Å². The maximum absolute atomic E-state index is 11.7. The van der Waals surface area contributed by atoms with Gasteiger partial charge in [0.1, 0.15) is 5.82 Å². The van der Waals surface area contributed by atoms with Crippen molar-refractivity contribution < 1.29 is 4.79 Å². The number of amides is 1. The highest BCUT2D eigenvalue weighted by Crippen LogP contribution is 2.10. The summed E-state index contributed by atoms with van der Waals surface area (Å²) in [6, 6.07) is 1.57. The lowest BCUT2D eigenvalue weighted by molar-refractivity contribution is 0.0781. The third-order valence-corrected chi connectivity index (χ3v) is 2.26. The molecule has 1 fully saturated rings. The van der Waals surface area contributed by atoms with E-state index >= 15 is 0 Å². The minimum Gasteiger partial charge on any atom is -0.384 e. The summed E-state index contributed by atoms with van der Waals surface area (Å²) in [5, 5.41) is 0. The van der Waals surface area contributed by atoms with Crippen molar-refractivity contribution in [2.45, 2.75) is 12.8 Å². The van der Waals surface area contributed by atoms with Crippen molar-refractivity contribution in [3.05, 3.63) is 18.1 Å². The number of anilines is 1. The zero-order valence-electron chi connectivity index (χ0n) is 7.81. The second-order valence-electron chi connectivity index (χ2n) is 3.30. The van der Waals surface area contributed by atoms with Crippen molar-refractivity contribution in [2.75, 3.05) is 18.8 Å². The van der Waals surface area contributed by atoms with Crippen molar-refractivity contribution in [3.8, 4) is 0 Å². The van der Waals surface area contributed by atoms with Crippen molar-refractivity contribution >= 4 is 11.7 Å². The lowest BCUT2D eigenvalue weighted by Gasteiger charge is -2.13. The van der Waals surface area contributed by atoms with E-state index in [1.807, 2.05) is 0 Å². The van der Waals surface area contributed by atoms with E-state index in [-0.39, 0.29) is 11.7 Å². The van der Waals surface area contributed by atoms with Crippen LogP contribution in [-0.4, -0.2) is 33.9 Å². The van der Waals surface area contributed by atoms with Crippen molar-refractivity contribution in [1.29, 1.82) is 0 Å². The summed E-state index contributed by atoms with van der Waals surface area (Å²) in [7, 11) is 0. The van der Waals surface area contributed by atoms with Crippen LogP contribution in [0.2, 0.25) is 0 Å². The van der Waals surface area contributed by atoms with E-state index < -0.39 is 0 Å². The summed E-state index contributed by atoms with van der Waals surface area (Å²) in [6.07, 6.45) is 3.63. The minimum atomic E-state index is -0.116. The fourth-order valence-electron chi connectivity index (χ4n) is 1.54. The number of rotatable bonds is 1. The first-order valence-electron chi connectivity index (χ1n) is 4.65. The fraction of sp³-hybridized carbons (Fsp3) is 0.444. The van der Waals surface area contributed by atoms with Gasteiger partial charge in [0.25, 0.3) is 5.91 Å². The molecule has 0 aliphatic carbocycles. The van der Waals surface area contributed by atoms with E-state index in [0.717, 1.165) is 25.9 Å². The maximum atomic E-state index is 11.7. The molecule has 1 aromatic rings. The Hall–Kier alpha value is -1.65. The molecule has 1 amide bonds. The Morgan fingerprint density at radius 3 is 2.79 bits per heavy atom. The Kier molecular flexibility index (Phi) is 2.30. The standard InChI is InChI=1S/C9H12N4O/c10-7-3-4-11-8(12-7)9(14)13-5-1-2-6-13/h3-4H,1-2,5-6H2,(H2,10,11,12). The van der Waals surface area contributed by atoms with Crippen LogP contribution in [0.25, 0.3) is 0 Å². The Morgan fingerprint density at radius 1 is 1.43 bits per heavy atom. The van der Waals surface area contributed by atoms with Crippen LogP contribution in [0.3, 0.4) is 0 Å². The van der Waals surface area contributed by atoms with Crippen LogP contribution in [0.15, 0.2) is 12.3 Å². The summed E-state index contributed by atoms with van der Waals surface area (Å²) >= 11 is 0. The van der Waals surface area contributed by atoms with Crippen LogP contribution < -0.4 is 5.73 Å². The van der Waals surface area contributed by atoms with E-state index in [0.29, 0.717) is 5.82 Å². The van der Waals surface area contributed by atoms with Crippen molar-refractivity contribution in [1.82, 2.24) is 14.9 Å². The molecule has 0 spiro atoms. The summed E-state index contributed by atoms with van der Waals surface area (Å²) in [4.78, 5) is 21.3. The summed E-state index contributed by atoms with van der Waals surface area (Å²) in [5.41, 5.74) is 5.47. The van der Waals surface area contributed by atoms with Crippen LogP contribution in [0.1, 0.15) is 23.5 Å². The molecule has 0 atom stereocenters. The van der Waals surface area contributed by atoms with Crippen LogP contribution in [0.4, 0.5) is 5.82 Å². The Balaban J connectivity index is 2.17. The Bertz CT molecular complexity index is 346. The zero-order valence-corrected chi connectivity index (χ0v) is 7.81. The molecule has 1 aliphatic rings. The van der Waals surface area contributed by atoms with Gasteiger partial charge in [-0.3, -0.25) is 4.79 Å². The predicted octanol–water partition coefficient (Wildman–Crippen LogP) is 0.295. The average molecular weight is 192 g/mol. The molecule has 1 aromatic heterocycles. The third kappa shape index (κ3) is 1.66. The molecular weight excluding hydrogens is 180 g/mol. The second kappa shape index (κ2) is 3.61. The number of likely N-dealkylation sites (tertiary alicyclic amines) is 1. The minimum absolute atomic E-state index is 0.116. The molecule has 1 saturated heterocycles. The van der Waals surface area contributed by atoms with Gasteiger partial charge in [0.05, 0.1) is 0 Å². The average Bonchev–Trinajstić information content (AvgIpc) is 2.69. The molecule has 0 saturated carbocycles. The quantitative estimate of drug-likeness (QED) is 0.694. The number of nitrogens with zero attached hydrogens (tertiary/aromatic N) is 3. The molecule has 0 radical (unpaired) electrons. The highest BCUT2D eigenvalue weighted by molar-refractivity contribution is 5.90. The van der Waals surface area contributed by atoms with E-state index in [2.05, 4.69) is 9.97 Å². The molecule has 74 valence electrons. The van der Waals surface area contributed by atoms with Gasteiger partial charge >= 0.3 is 0 Å². The molecule has 1 aliphatic heterocycles. The van der Waals surface area contributed by atoms with Gasteiger partial charge in [-0.15, -0.1) is 0 Å². The van der Waals surface area contributed by atoms with E-state index in [1.54, 1.807) is 11.0 Å². The van der Waals surface area contributed by atoms with Gasteiger partial charge in [0.15, 0.2) is 0 Å². The first-order chi connectivity index (χ1) is 6.77. The molecule has 5 heteroatoms. The molecule has 14 heavy (non-hydrogen) atoms. The largest absolute Gasteiger partial charge is 0.384 e. The predicted molar refractivity (Wildman–Crippen MR) is 51.6 cm³/mol. The number of hydrogen-bond donors (Lipinski definition) is 1. The summed E-state index contributed by atoms with van der Waals surface area (Å²) in [5.74, 6) is 0.421. The first kappa shape index (κ1) is 8.93. The van der Waals surface area contributed by atoms with Gasteiger partial charge in [-0.25, -0.2) is 9.97 Å². The van der Waals surface area contributed by atoms with Crippen LogP contribution in [-0.2, 0) is 0 Å². The van der Waals surface area contributed by atoms with E-state index in [4.69, 9.17) is 5.73 Å². The molecule has 2 rings (SSSR count). The van der Waals surface area contributed by atoms with Crippen molar-refractivity contribution in [2.24, 2.45) is 0 Å². The highest BCUT2D eigenvalue weighted by atomic mass is 16.2. The molecule has 2 N–H and O–H groups in total. The van der Waals surface area contributed by atoms with Gasteiger partial charge < -0.3 is 10.6 Å². The van der Waals surface area contributed by atoms with Gasteiger partial charge in [0.2, 0.25) is 5.82 Å². The summed E-state index contributed by atoms with van der Waals surface area (Å²) in [6.45, 7) is 1.61. The number of hydrogen-bond acceptors (Lipinski definition) is 4. The summed E-state index contributed by atoms with van der Waals surface area (Å²) < 4.78 is 0. The monoisotopic (exact) mass is 192 g/mol. The normalized spacial score (nSPS) is 15.9. The second-order valence-corrected chi connectivity index (χ2v) is 3.30. The topological polar surface area (TPSA) is 72.1 Å². The number of carbonyl (C=O) groups excluding carboxylic acids is 1. The van der Waals surface area contributed by atoms with Crippen LogP contribution in [0.5, 0.6) is 0 Å². The fourth-order valence-corrected chi connectivity index (χ4v) is 1.54. The van der Waals surface area contributed by atoms with Crippen LogP contribution in [0, 0.1) is 0 Å². The zero-order chi connectivity index (χ0) is 9.97. The molecule has 0 aromatic carbocycles. The molecule has 2 heterocycles. The molecule has 5 nitrogen and oxygen atoms in total. The van der Waals surface area contributed by atoms with Crippen molar-refractivity contribution in [3.63, 3.8) is 0 Å². The maximum Gasteiger partial charge on any atom is 0.291 e. The first-order valence-corrected chi connectivity index (χ1v) is 4.65. The van der Waals surface area contributed by atoms with E-state index in [1.165, 1.54) is 6.20 Å².